The molecule has 132 valence electrons. The Morgan fingerprint density at radius 3 is 1.43 bits per heavy atom. The minimum absolute atomic E-state index is 0.000778. The van der Waals surface area contributed by atoms with Crippen molar-refractivity contribution < 1.29 is 40.9 Å². The summed E-state index contributed by atoms with van der Waals surface area (Å²) in [5.41, 5.74) is -6.92. The van der Waals surface area contributed by atoms with Crippen molar-refractivity contribution in [2.24, 2.45) is 0 Å². The highest BCUT2D eigenvalue weighted by Gasteiger charge is 2.73. The summed E-state index contributed by atoms with van der Waals surface area (Å²) in [7, 11) is 0. The molecule has 0 aromatic heterocycles. The number of aliphatic hydroxyl groups is 2. The molecule has 0 amide bonds. The highest BCUT2D eigenvalue weighted by molar-refractivity contribution is 5.49. The average Bonchev–Trinajstić information content (AvgIpc) is 2.44. The average molecular weight is 349 g/mol. The van der Waals surface area contributed by atoms with E-state index in [1.54, 1.807) is 0 Å². The zero-order valence-electron chi connectivity index (χ0n) is 11.6. The van der Waals surface area contributed by atoms with E-state index in [9.17, 15) is 30.7 Å². The lowest BCUT2D eigenvalue weighted by atomic mass is 9.94. The van der Waals surface area contributed by atoms with E-state index in [1.807, 2.05) is 0 Å². The zero-order valence-corrected chi connectivity index (χ0v) is 11.6. The fourth-order valence-corrected chi connectivity index (χ4v) is 2.00. The Morgan fingerprint density at radius 2 is 1.13 bits per heavy atom. The van der Waals surface area contributed by atoms with Crippen LogP contribution < -0.4 is 4.90 Å². The third-order valence-corrected chi connectivity index (χ3v) is 3.15. The SMILES string of the molecule is OCCN(CCO)c1ccc(C(F)(C(F)(F)F)C(F)(F)F)cc1. The van der Waals surface area contributed by atoms with Crippen molar-refractivity contribution >= 4 is 5.69 Å². The number of hydrogen-bond donors (Lipinski definition) is 2. The number of benzene rings is 1. The largest absolute Gasteiger partial charge is 0.435 e. The molecule has 0 bridgehead atoms. The normalized spacial score (nSPS) is 13.3. The van der Waals surface area contributed by atoms with E-state index in [4.69, 9.17) is 10.2 Å². The summed E-state index contributed by atoms with van der Waals surface area (Å²) >= 11 is 0. The monoisotopic (exact) mass is 349 g/mol. The van der Waals surface area contributed by atoms with E-state index in [-0.39, 0.29) is 32.0 Å². The Labute approximate surface area is 126 Å². The number of aliphatic hydroxyl groups excluding tert-OH is 2. The van der Waals surface area contributed by atoms with Crippen LogP contribution in [0, 0.1) is 0 Å². The van der Waals surface area contributed by atoms with Crippen molar-refractivity contribution in [2.75, 3.05) is 31.2 Å². The molecule has 0 heterocycles. The first-order valence-corrected chi connectivity index (χ1v) is 6.38. The van der Waals surface area contributed by atoms with Gasteiger partial charge >= 0.3 is 18.0 Å². The van der Waals surface area contributed by atoms with Gasteiger partial charge in [-0.2, -0.15) is 26.3 Å². The fourth-order valence-electron chi connectivity index (χ4n) is 2.00. The molecular formula is C13H14F7NO2. The fraction of sp³-hybridized carbons (Fsp3) is 0.538. The van der Waals surface area contributed by atoms with Crippen LogP contribution >= 0.6 is 0 Å². The van der Waals surface area contributed by atoms with Crippen LogP contribution in [0.4, 0.5) is 36.4 Å². The predicted octanol–water partition coefficient (Wildman–Crippen LogP) is 2.77. The van der Waals surface area contributed by atoms with Crippen LogP contribution in [0.25, 0.3) is 0 Å². The Hall–Kier alpha value is -1.55. The molecule has 0 saturated heterocycles. The first-order valence-electron chi connectivity index (χ1n) is 6.38. The lowest BCUT2D eigenvalue weighted by molar-refractivity contribution is -0.348. The van der Waals surface area contributed by atoms with Crippen molar-refractivity contribution in [2.45, 2.75) is 18.0 Å². The van der Waals surface area contributed by atoms with Gasteiger partial charge in [0.1, 0.15) is 0 Å². The first kappa shape index (κ1) is 19.5. The second-order valence-electron chi connectivity index (χ2n) is 4.64. The standard InChI is InChI=1S/C13H14F7NO2/c14-11(12(15,16)17,13(18,19)20)9-1-3-10(4-2-9)21(5-7-22)6-8-23/h1-4,22-23H,5-8H2. The summed E-state index contributed by atoms with van der Waals surface area (Å²) in [4.78, 5) is 1.32. The molecule has 0 spiro atoms. The molecule has 1 aromatic rings. The van der Waals surface area contributed by atoms with Gasteiger partial charge in [0.2, 0.25) is 0 Å². The molecule has 0 aliphatic heterocycles. The van der Waals surface area contributed by atoms with Crippen LogP contribution in [0.3, 0.4) is 0 Å². The van der Waals surface area contributed by atoms with Gasteiger partial charge in [-0.25, -0.2) is 4.39 Å². The van der Waals surface area contributed by atoms with Crippen molar-refractivity contribution in [1.29, 1.82) is 0 Å². The van der Waals surface area contributed by atoms with Gasteiger partial charge in [0, 0.05) is 24.3 Å². The van der Waals surface area contributed by atoms with E-state index in [1.165, 1.54) is 4.90 Å². The number of halogens is 7. The molecule has 0 fully saturated rings. The predicted molar refractivity (Wildman–Crippen MR) is 67.7 cm³/mol. The summed E-state index contributed by atoms with van der Waals surface area (Å²) in [6.45, 7) is -0.696. The van der Waals surface area contributed by atoms with Gasteiger partial charge in [0.05, 0.1) is 13.2 Å². The molecule has 23 heavy (non-hydrogen) atoms. The molecule has 3 nitrogen and oxygen atoms in total. The van der Waals surface area contributed by atoms with Gasteiger partial charge in [0.25, 0.3) is 0 Å². The second-order valence-corrected chi connectivity index (χ2v) is 4.64. The maximum Gasteiger partial charge on any atom is 0.435 e. The number of nitrogens with zero attached hydrogens (tertiary/aromatic N) is 1. The maximum absolute atomic E-state index is 13.8. The van der Waals surface area contributed by atoms with Crippen LogP contribution in [0.2, 0.25) is 0 Å². The minimum atomic E-state index is -6.16. The topological polar surface area (TPSA) is 43.7 Å². The maximum atomic E-state index is 13.8. The third-order valence-electron chi connectivity index (χ3n) is 3.15. The van der Waals surface area contributed by atoms with E-state index < -0.39 is 23.6 Å². The Kier molecular flexibility index (Phi) is 5.86. The highest BCUT2D eigenvalue weighted by atomic mass is 19.4. The lowest BCUT2D eigenvalue weighted by Gasteiger charge is -2.31. The summed E-state index contributed by atoms with van der Waals surface area (Å²) in [5.74, 6) is 0. The molecule has 0 aliphatic carbocycles. The molecule has 0 atom stereocenters. The van der Waals surface area contributed by atoms with Gasteiger partial charge in [0.15, 0.2) is 0 Å². The van der Waals surface area contributed by atoms with Crippen LogP contribution in [-0.2, 0) is 5.67 Å². The minimum Gasteiger partial charge on any atom is -0.395 e. The van der Waals surface area contributed by atoms with Gasteiger partial charge in [-0.3, -0.25) is 0 Å². The summed E-state index contributed by atoms with van der Waals surface area (Å²) < 4.78 is 89.5. The van der Waals surface area contributed by atoms with Crippen LogP contribution in [-0.4, -0.2) is 48.9 Å². The molecule has 0 radical (unpaired) electrons. The van der Waals surface area contributed by atoms with Gasteiger partial charge < -0.3 is 15.1 Å². The van der Waals surface area contributed by atoms with E-state index >= 15 is 0 Å². The first-order chi connectivity index (χ1) is 10.5. The molecule has 10 heteroatoms. The van der Waals surface area contributed by atoms with Gasteiger partial charge in [-0.15, -0.1) is 0 Å². The third kappa shape index (κ3) is 3.86. The molecule has 0 aliphatic rings. The number of alkyl halides is 7. The smallest absolute Gasteiger partial charge is 0.395 e. The molecule has 0 saturated carbocycles. The van der Waals surface area contributed by atoms with Gasteiger partial charge in [-0.05, 0) is 12.1 Å². The van der Waals surface area contributed by atoms with Crippen LogP contribution in [0.5, 0.6) is 0 Å². The van der Waals surface area contributed by atoms with Crippen LogP contribution in [0.15, 0.2) is 24.3 Å². The molecule has 1 rings (SSSR count). The van der Waals surface area contributed by atoms with Gasteiger partial charge in [-0.1, -0.05) is 12.1 Å². The number of anilines is 1. The molecule has 0 unspecified atom stereocenters. The van der Waals surface area contributed by atoms with E-state index in [0.29, 0.717) is 12.1 Å². The van der Waals surface area contributed by atoms with Crippen molar-refractivity contribution in [3.05, 3.63) is 29.8 Å². The van der Waals surface area contributed by atoms with Crippen molar-refractivity contribution in [1.82, 2.24) is 0 Å². The van der Waals surface area contributed by atoms with Crippen molar-refractivity contribution in [3.63, 3.8) is 0 Å². The summed E-state index contributed by atoms with van der Waals surface area (Å²) in [6, 6.07) is 2.51. The van der Waals surface area contributed by atoms with E-state index in [0.717, 1.165) is 12.1 Å². The van der Waals surface area contributed by atoms with E-state index in [2.05, 4.69) is 0 Å². The molecular weight excluding hydrogens is 335 g/mol. The quantitative estimate of drug-likeness (QED) is 0.777. The number of rotatable bonds is 6. The number of hydrogen-bond acceptors (Lipinski definition) is 3. The lowest BCUT2D eigenvalue weighted by Crippen LogP contribution is -2.50. The Morgan fingerprint density at radius 1 is 0.739 bits per heavy atom. The molecule has 1 aromatic carbocycles. The molecule has 2 N–H and O–H groups in total. The van der Waals surface area contributed by atoms with Crippen LogP contribution in [0.1, 0.15) is 5.56 Å². The summed E-state index contributed by atoms with van der Waals surface area (Å²) in [5, 5.41) is 17.7. The van der Waals surface area contributed by atoms with Crippen molar-refractivity contribution in [3.8, 4) is 0 Å². The Bertz CT molecular complexity index is 479. The second kappa shape index (κ2) is 6.91. The summed E-state index contributed by atoms with van der Waals surface area (Å²) in [6.07, 6.45) is -12.3. The Balaban J connectivity index is 3.24. The zero-order chi connectivity index (χ0) is 17.9. The highest BCUT2D eigenvalue weighted by Crippen LogP contribution is 2.53.